The Bertz CT molecular complexity index is 489. The van der Waals surface area contributed by atoms with Gasteiger partial charge in [0.25, 0.3) is 0 Å². The lowest BCUT2D eigenvalue weighted by Crippen LogP contribution is -2.31. The second kappa shape index (κ2) is 12.7. The summed E-state index contributed by atoms with van der Waals surface area (Å²) in [5, 5.41) is 53.0. The van der Waals surface area contributed by atoms with Crippen LogP contribution in [-0.4, -0.2) is 98.3 Å². The van der Waals surface area contributed by atoms with Crippen LogP contribution in [0.5, 0.6) is 0 Å². The molecule has 0 fully saturated rings. The second-order valence-corrected chi connectivity index (χ2v) is 5.73. The number of aliphatic hydroxyl groups excluding tert-OH is 4. The number of aryl methyl sites for hydroxylation is 1. The molecule has 0 radical (unpaired) electrons. The summed E-state index contributed by atoms with van der Waals surface area (Å²) >= 11 is 0. The maximum atomic E-state index is 10.6. The van der Waals surface area contributed by atoms with Crippen molar-refractivity contribution in [2.75, 3.05) is 39.6 Å². The molecule has 26 heavy (non-hydrogen) atoms. The SMILES string of the molecule is O=C(O)CCCc1cn(C(COC(CO)CO)COC(CO)CO)nn1. The number of aliphatic carboxylic acids is 1. The van der Waals surface area contributed by atoms with Crippen molar-refractivity contribution in [3.8, 4) is 0 Å². The number of nitrogens with zero attached hydrogens (tertiary/aromatic N) is 3. The summed E-state index contributed by atoms with van der Waals surface area (Å²) in [5.74, 6) is -0.879. The summed E-state index contributed by atoms with van der Waals surface area (Å²) in [4.78, 5) is 10.6. The van der Waals surface area contributed by atoms with Crippen LogP contribution in [0.25, 0.3) is 0 Å². The molecule has 1 aromatic rings. The van der Waals surface area contributed by atoms with Crippen molar-refractivity contribution in [1.82, 2.24) is 15.0 Å². The van der Waals surface area contributed by atoms with E-state index in [0.29, 0.717) is 18.5 Å². The topological polar surface area (TPSA) is 167 Å². The molecule has 11 nitrogen and oxygen atoms in total. The zero-order valence-electron chi connectivity index (χ0n) is 14.5. The molecule has 0 bridgehead atoms. The predicted octanol–water partition coefficient (Wildman–Crippen LogP) is -2.03. The van der Waals surface area contributed by atoms with E-state index in [2.05, 4.69) is 10.3 Å². The van der Waals surface area contributed by atoms with E-state index in [-0.39, 0.29) is 46.1 Å². The quantitative estimate of drug-likeness (QED) is 0.230. The fourth-order valence-corrected chi connectivity index (χ4v) is 2.05. The molecule has 11 heteroatoms. The molecule has 0 saturated carbocycles. The Morgan fingerprint density at radius 2 is 1.58 bits per heavy atom. The standard InChI is InChI=1S/C15H27N3O8/c19-5-13(6-20)25-9-12(10-26-14(7-21)8-22)18-4-11(16-17-18)2-1-3-15(23)24/h4,12-14,19-22H,1-3,5-10H2,(H,23,24). The van der Waals surface area contributed by atoms with Crippen molar-refractivity contribution in [2.45, 2.75) is 37.5 Å². The molecule has 1 rings (SSSR count). The van der Waals surface area contributed by atoms with Gasteiger partial charge in [-0.2, -0.15) is 0 Å². The van der Waals surface area contributed by atoms with Gasteiger partial charge in [0.15, 0.2) is 0 Å². The van der Waals surface area contributed by atoms with E-state index in [1.807, 2.05) is 0 Å². The van der Waals surface area contributed by atoms with Crippen LogP contribution in [0.3, 0.4) is 0 Å². The fourth-order valence-electron chi connectivity index (χ4n) is 2.05. The predicted molar refractivity (Wildman–Crippen MR) is 87.5 cm³/mol. The normalized spacial score (nSPS) is 11.8. The number of carboxylic acid groups (broad SMARTS) is 1. The van der Waals surface area contributed by atoms with Crippen molar-refractivity contribution < 1.29 is 39.8 Å². The van der Waals surface area contributed by atoms with E-state index in [9.17, 15) is 4.79 Å². The molecule has 0 atom stereocenters. The summed E-state index contributed by atoms with van der Waals surface area (Å²) in [5.41, 5.74) is 0.609. The van der Waals surface area contributed by atoms with Gasteiger partial charge in [-0.1, -0.05) is 5.21 Å². The molecular weight excluding hydrogens is 350 g/mol. The zero-order valence-corrected chi connectivity index (χ0v) is 14.5. The highest BCUT2D eigenvalue weighted by molar-refractivity contribution is 5.66. The third-order valence-corrected chi connectivity index (χ3v) is 3.62. The third kappa shape index (κ3) is 8.17. The van der Waals surface area contributed by atoms with Gasteiger partial charge in [0.1, 0.15) is 18.2 Å². The fraction of sp³-hybridized carbons (Fsp3) is 0.800. The number of carboxylic acids is 1. The van der Waals surface area contributed by atoms with Crippen LogP contribution < -0.4 is 0 Å². The van der Waals surface area contributed by atoms with E-state index in [1.54, 1.807) is 6.20 Å². The lowest BCUT2D eigenvalue weighted by atomic mass is 10.2. The highest BCUT2D eigenvalue weighted by atomic mass is 16.5. The van der Waals surface area contributed by atoms with Gasteiger partial charge in [-0.25, -0.2) is 4.68 Å². The molecular formula is C15H27N3O8. The van der Waals surface area contributed by atoms with E-state index in [1.165, 1.54) is 4.68 Å². The van der Waals surface area contributed by atoms with Crippen molar-refractivity contribution >= 4 is 5.97 Å². The summed E-state index contributed by atoms with van der Waals surface area (Å²) < 4.78 is 12.3. The van der Waals surface area contributed by atoms with Crippen LogP contribution >= 0.6 is 0 Å². The molecule has 0 aliphatic rings. The number of ether oxygens (including phenoxy) is 2. The number of aliphatic hydroxyl groups is 4. The molecule has 1 heterocycles. The van der Waals surface area contributed by atoms with Gasteiger partial charge in [-0.3, -0.25) is 4.79 Å². The first-order valence-corrected chi connectivity index (χ1v) is 8.33. The first-order chi connectivity index (χ1) is 12.5. The minimum atomic E-state index is -0.879. The smallest absolute Gasteiger partial charge is 0.303 e. The number of hydrogen-bond donors (Lipinski definition) is 5. The first kappa shape index (κ1) is 22.4. The van der Waals surface area contributed by atoms with Crippen LogP contribution in [0.1, 0.15) is 24.6 Å². The van der Waals surface area contributed by atoms with Gasteiger partial charge in [0, 0.05) is 12.6 Å². The number of aromatic nitrogens is 3. The molecule has 0 amide bonds. The lowest BCUT2D eigenvalue weighted by Gasteiger charge is -2.22. The van der Waals surface area contributed by atoms with Crippen LogP contribution in [0.15, 0.2) is 6.20 Å². The van der Waals surface area contributed by atoms with Gasteiger partial charge >= 0.3 is 5.97 Å². The number of hydrogen-bond acceptors (Lipinski definition) is 9. The minimum Gasteiger partial charge on any atom is -0.481 e. The third-order valence-electron chi connectivity index (χ3n) is 3.62. The van der Waals surface area contributed by atoms with Crippen molar-refractivity contribution in [2.24, 2.45) is 0 Å². The summed E-state index contributed by atoms with van der Waals surface area (Å²) in [7, 11) is 0. The average molecular weight is 377 g/mol. The highest BCUT2D eigenvalue weighted by Gasteiger charge is 2.19. The number of rotatable bonds is 15. The molecule has 0 saturated heterocycles. The molecule has 150 valence electrons. The minimum absolute atomic E-state index is 0.0336. The summed E-state index contributed by atoms with van der Waals surface area (Å²) in [6, 6.07) is -0.475. The highest BCUT2D eigenvalue weighted by Crippen LogP contribution is 2.11. The van der Waals surface area contributed by atoms with Gasteiger partial charge in [-0.15, -0.1) is 5.10 Å². The van der Waals surface area contributed by atoms with Gasteiger partial charge in [0.2, 0.25) is 0 Å². The number of carbonyl (C=O) groups is 1. The largest absolute Gasteiger partial charge is 0.481 e. The summed E-state index contributed by atoms with van der Waals surface area (Å²) in [6.07, 6.45) is 1.06. The van der Waals surface area contributed by atoms with Crippen molar-refractivity contribution in [3.63, 3.8) is 0 Å². The Kier molecular flexibility index (Phi) is 10.9. The molecule has 5 N–H and O–H groups in total. The molecule has 0 unspecified atom stereocenters. The van der Waals surface area contributed by atoms with Crippen molar-refractivity contribution in [1.29, 1.82) is 0 Å². The van der Waals surface area contributed by atoms with Gasteiger partial charge < -0.3 is 35.0 Å². The Balaban J connectivity index is 2.69. The van der Waals surface area contributed by atoms with Crippen LogP contribution in [-0.2, 0) is 20.7 Å². The average Bonchev–Trinajstić information content (AvgIpc) is 3.09. The molecule has 1 aromatic heterocycles. The molecule has 0 aromatic carbocycles. The van der Waals surface area contributed by atoms with Crippen LogP contribution in [0, 0.1) is 0 Å². The Morgan fingerprint density at radius 3 is 2.04 bits per heavy atom. The second-order valence-electron chi connectivity index (χ2n) is 5.73. The monoisotopic (exact) mass is 377 g/mol. The lowest BCUT2D eigenvalue weighted by molar-refractivity contribution is -0.137. The Labute approximate surface area is 150 Å². The Hall–Kier alpha value is -1.63. The van der Waals surface area contributed by atoms with E-state index >= 15 is 0 Å². The maximum absolute atomic E-state index is 10.6. The maximum Gasteiger partial charge on any atom is 0.303 e. The van der Waals surface area contributed by atoms with E-state index in [0.717, 1.165) is 0 Å². The van der Waals surface area contributed by atoms with Gasteiger partial charge in [-0.05, 0) is 12.8 Å². The Morgan fingerprint density at radius 1 is 1.04 bits per heavy atom. The van der Waals surface area contributed by atoms with E-state index in [4.69, 9.17) is 35.0 Å². The van der Waals surface area contributed by atoms with Crippen LogP contribution in [0.2, 0.25) is 0 Å². The van der Waals surface area contributed by atoms with Crippen LogP contribution in [0.4, 0.5) is 0 Å². The summed E-state index contributed by atoms with van der Waals surface area (Å²) in [6.45, 7) is -1.30. The molecule has 0 spiro atoms. The van der Waals surface area contributed by atoms with Crippen molar-refractivity contribution in [3.05, 3.63) is 11.9 Å². The van der Waals surface area contributed by atoms with Gasteiger partial charge in [0.05, 0.1) is 45.3 Å². The first-order valence-electron chi connectivity index (χ1n) is 8.33. The molecule has 0 aliphatic carbocycles. The zero-order chi connectivity index (χ0) is 19.4. The molecule has 0 aliphatic heterocycles. The van der Waals surface area contributed by atoms with E-state index < -0.39 is 24.2 Å².